The van der Waals surface area contributed by atoms with Gasteiger partial charge in [-0.05, 0) is 58.3 Å². The van der Waals surface area contributed by atoms with Gasteiger partial charge in [-0.15, -0.1) is 0 Å². The molecule has 0 bridgehead atoms. The molecule has 3 N–H and O–H groups in total. The van der Waals surface area contributed by atoms with Crippen molar-refractivity contribution in [2.45, 2.75) is 0 Å². The molecule has 0 unspecified atom stereocenters. The molecule has 3 aromatic rings. The molecule has 0 atom stereocenters. The summed E-state index contributed by atoms with van der Waals surface area (Å²) in [5, 5.41) is 18.5. The van der Waals surface area contributed by atoms with Crippen LogP contribution in [0.2, 0.25) is 5.02 Å². The maximum atomic E-state index is 12.1. The Hall–Kier alpha value is -3.20. The molecular weight excluding hydrogens is 428 g/mol. The Bertz CT molecular complexity index is 1070. The van der Waals surface area contributed by atoms with Crippen LogP contribution in [0.1, 0.15) is 10.4 Å². The van der Waals surface area contributed by atoms with Gasteiger partial charge in [0.2, 0.25) is 11.8 Å². The first kappa shape index (κ1) is 21.5. The van der Waals surface area contributed by atoms with Crippen molar-refractivity contribution in [1.82, 2.24) is 0 Å². The molecule has 0 aliphatic carbocycles. The van der Waals surface area contributed by atoms with Crippen LogP contribution >= 0.6 is 22.9 Å². The molecule has 154 valence electrons. The number of benzene rings is 2. The number of rotatable bonds is 8. The number of anilines is 2. The fourth-order valence-electron chi connectivity index (χ4n) is 2.63. The largest absolute Gasteiger partial charge is 0.478 e. The summed E-state index contributed by atoms with van der Waals surface area (Å²) in [5.41, 5.74) is 2.61. The van der Waals surface area contributed by atoms with Crippen molar-refractivity contribution in [2.24, 2.45) is 0 Å². The van der Waals surface area contributed by atoms with Crippen molar-refractivity contribution in [3.63, 3.8) is 0 Å². The molecule has 0 aliphatic rings. The number of carboxylic acid groups (broad SMARTS) is 1. The SMILES string of the molecule is O=C(COCC(=O)Nc1ccc(Cl)cc1C(=O)O)Nc1cccc(-c2ccsc2)c1. The topological polar surface area (TPSA) is 105 Å². The van der Waals surface area contributed by atoms with Gasteiger partial charge in [0.25, 0.3) is 0 Å². The zero-order chi connectivity index (χ0) is 21.5. The Morgan fingerprint density at radius 1 is 0.967 bits per heavy atom. The van der Waals surface area contributed by atoms with Gasteiger partial charge in [0.15, 0.2) is 0 Å². The summed E-state index contributed by atoms with van der Waals surface area (Å²) in [5.74, 6) is -2.23. The highest BCUT2D eigenvalue weighted by molar-refractivity contribution is 7.08. The van der Waals surface area contributed by atoms with Crippen LogP contribution in [-0.2, 0) is 14.3 Å². The number of nitrogens with one attached hydrogen (secondary N) is 2. The van der Waals surface area contributed by atoms with Crippen LogP contribution in [-0.4, -0.2) is 36.1 Å². The summed E-state index contributed by atoms with van der Waals surface area (Å²) in [6.45, 7) is -0.743. The van der Waals surface area contributed by atoms with Crippen molar-refractivity contribution in [2.75, 3.05) is 23.8 Å². The number of carbonyl (C=O) groups excluding carboxylic acids is 2. The number of halogens is 1. The summed E-state index contributed by atoms with van der Waals surface area (Å²) < 4.78 is 5.13. The number of ether oxygens (including phenoxy) is 1. The number of carboxylic acids is 1. The van der Waals surface area contributed by atoms with Crippen LogP contribution in [0, 0.1) is 0 Å². The van der Waals surface area contributed by atoms with E-state index in [9.17, 15) is 19.5 Å². The maximum Gasteiger partial charge on any atom is 0.337 e. The second-order valence-corrected chi connectivity index (χ2v) is 7.39. The molecule has 1 heterocycles. The molecule has 1 aromatic heterocycles. The highest BCUT2D eigenvalue weighted by atomic mass is 35.5. The Morgan fingerprint density at radius 3 is 2.43 bits per heavy atom. The number of amides is 2. The Kier molecular flexibility index (Phi) is 7.18. The second-order valence-electron chi connectivity index (χ2n) is 6.18. The van der Waals surface area contributed by atoms with E-state index in [4.69, 9.17) is 16.3 Å². The van der Waals surface area contributed by atoms with E-state index >= 15 is 0 Å². The number of aromatic carboxylic acids is 1. The summed E-state index contributed by atoms with van der Waals surface area (Å²) in [6.07, 6.45) is 0. The summed E-state index contributed by atoms with van der Waals surface area (Å²) in [6, 6.07) is 13.5. The molecule has 30 heavy (non-hydrogen) atoms. The molecule has 0 aliphatic heterocycles. The van der Waals surface area contributed by atoms with Gasteiger partial charge in [0, 0.05) is 10.7 Å². The molecule has 0 saturated heterocycles. The van der Waals surface area contributed by atoms with Crippen LogP contribution in [0.25, 0.3) is 11.1 Å². The van der Waals surface area contributed by atoms with Crippen molar-refractivity contribution in [1.29, 1.82) is 0 Å². The molecule has 7 nitrogen and oxygen atoms in total. The molecule has 0 saturated carbocycles. The Labute approximate surface area is 181 Å². The predicted octanol–water partition coefficient (Wildman–Crippen LogP) is 4.36. The third kappa shape index (κ3) is 5.90. The van der Waals surface area contributed by atoms with E-state index < -0.39 is 24.4 Å². The molecule has 0 fully saturated rings. The van der Waals surface area contributed by atoms with E-state index in [1.165, 1.54) is 18.2 Å². The van der Waals surface area contributed by atoms with Gasteiger partial charge in [0.05, 0.1) is 11.3 Å². The first-order valence-electron chi connectivity index (χ1n) is 8.75. The van der Waals surface area contributed by atoms with E-state index in [2.05, 4.69) is 10.6 Å². The lowest BCUT2D eigenvalue weighted by molar-refractivity contribution is -0.125. The van der Waals surface area contributed by atoms with Crippen molar-refractivity contribution in [3.8, 4) is 11.1 Å². The fourth-order valence-corrected chi connectivity index (χ4v) is 3.46. The summed E-state index contributed by atoms with van der Waals surface area (Å²) in [7, 11) is 0. The molecule has 2 aromatic carbocycles. The lowest BCUT2D eigenvalue weighted by atomic mass is 10.1. The quantitative estimate of drug-likeness (QED) is 0.478. The lowest BCUT2D eigenvalue weighted by Gasteiger charge is -2.10. The molecule has 2 amide bonds. The van der Waals surface area contributed by atoms with Crippen molar-refractivity contribution < 1.29 is 24.2 Å². The molecule has 3 rings (SSSR count). The zero-order valence-corrected chi connectivity index (χ0v) is 17.1. The normalized spacial score (nSPS) is 10.4. The molecule has 9 heteroatoms. The van der Waals surface area contributed by atoms with Crippen LogP contribution in [0.4, 0.5) is 11.4 Å². The van der Waals surface area contributed by atoms with Crippen molar-refractivity contribution in [3.05, 3.63) is 69.9 Å². The predicted molar refractivity (Wildman–Crippen MR) is 116 cm³/mol. The number of hydrogen-bond acceptors (Lipinski definition) is 5. The van der Waals surface area contributed by atoms with Crippen LogP contribution in [0.3, 0.4) is 0 Å². The standard InChI is InChI=1S/C21H17ClN2O5S/c22-15-4-5-18(17(9-15)21(27)28)24-20(26)11-29-10-19(25)23-16-3-1-2-13(8-16)14-6-7-30-12-14/h1-9,12H,10-11H2,(H,23,25)(H,24,26)(H,27,28). The molecule has 0 radical (unpaired) electrons. The van der Waals surface area contributed by atoms with E-state index in [0.717, 1.165) is 11.1 Å². The highest BCUT2D eigenvalue weighted by Gasteiger charge is 2.14. The van der Waals surface area contributed by atoms with E-state index in [1.807, 2.05) is 35.0 Å². The Balaban J connectivity index is 1.49. The van der Waals surface area contributed by atoms with E-state index in [0.29, 0.717) is 5.69 Å². The average molecular weight is 445 g/mol. The maximum absolute atomic E-state index is 12.1. The minimum absolute atomic E-state index is 0.0928. The van der Waals surface area contributed by atoms with Gasteiger partial charge in [-0.3, -0.25) is 9.59 Å². The third-order valence-corrected chi connectivity index (χ3v) is 4.87. The monoisotopic (exact) mass is 444 g/mol. The first-order chi connectivity index (χ1) is 14.4. The second kappa shape index (κ2) is 10.0. The van der Waals surface area contributed by atoms with E-state index in [1.54, 1.807) is 17.4 Å². The third-order valence-electron chi connectivity index (χ3n) is 3.95. The smallest absolute Gasteiger partial charge is 0.337 e. The fraction of sp³-hybridized carbons (Fsp3) is 0.0952. The molecular formula is C21H17ClN2O5S. The average Bonchev–Trinajstić information content (AvgIpc) is 3.24. The van der Waals surface area contributed by atoms with Gasteiger partial charge < -0.3 is 20.5 Å². The minimum Gasteiger partial charge on any atom is -0.478 e. The van der Waals surface area contributed by atoms with Crippen molar-refractivity contribution >= 4 is 52.1 Å². The van der Waals surface area contributed by atoms with E-state index in [-0.39, 0.29) is 22.9 Å². The van der Waals surface area contributed by atoms with Gasteiger partial charge in [-0.25, -0.2) is 4.79 Å². The van der Waals surface area contributed by atoms with Crippen LogP contribution < -0.4 is 10.6 Å². The van der Waals surface area contributed by atoms with Gasteiger partial charge in [-0.1, -0.05) is 23.7 Å². The van der Waals surface area contributed by atoms with Crippen LogP contribution in [0.5, 0.6) is 0 Å². The van der Waals surface area contributed by atoms with Gasteiger partial charge in [-0.2, -0.15) is 11.3 Å². The van der Waals surface area contributed by atoms with Crippen LogP contribution in [0.15, 0.2) is 59.3 Å². The minimum atomic E-state index is -1.22. The van der Waals surface area contributed by atoms with Gasteiger partial charge >= 0.3 is 5.97 Å². The number of hydrogen-bond donors (Lipinski definition) is 3. The first-order valence-corrected chi connectivity index (χ1v) is 10.1. The lowest BCUT2D eigenvalue weighted by Crippen LogP contribution is -2.24. The van der Waals surface area contributed by atoms with Gasteiger partial charge in [0.1, 0.15) is 13.2 Å². The number of carbonyl (C=O) groups is 3. The molecule has 0 spiro atoms. The highest BCUT2D eigenvalue weighted by Crippen LogP contribution is 2.24. The summed E-state index contributed by atoms with van der Waals surface area (Å²) in [4.78, 5) is 35.3. The summed E-state index contributed by atoms with van der Waals surface area (Å²) >= 11 is 7.36. The number of thiophene rings is 1. The zero-order valence-electron chi connectivity index (χ0n) is 15.6. The Morgan fingerprint density at radius 2 is 1.73 bits per heavy atom.